The van der Waals surface area contributed by atoms with Crippen LogP contribution in [-0.4, -0.2) is 86.9 Å². The van der Waals surface area contributed by atoms with Crippen LogP contribution >= 0.6 is 11.8 Å². The van der Waals surface area contributed by atoms with Crippen LogP contribution in [-0.2, 0) is 30.3 Å². The standard InChI is InChI=1S/C37H46N4O7S/c1-35-17-22-19-39-41(24-8-5-7-21(15-24)33(45)40-14-6-9-27(40)32(38)44)28(22)16-23(35)10-11-25-26-12-13-37(34(46)49-4,48-30(43)20-47-3)36(26,2)18-29(42)31(25)35/h5,7-8,15-16,19,25-27,29,31,42H,6,9-14,17-18,20H2,1-4H3,(H2,38,44)/t25-,26?,27+,29-,31?,35-,36-,37-/m0/s1. The number of nitrogens with two attached hydrogens (primary N) is 1. The van der Waals surface area contributed by atoms with E-state index >= 15 is 0 Å². The topological polar surface area (TPSA) is 154 Å². The summed E-state index contributed by atoms with van der Waals surface area (Å²) in [5.41, 5.74) is 7.82. The largest absolute Gasteiger partial charge is 0.448 e. The van der Waals surface area contributed by atoms with Crippen molar-refractivity contribution in [1.82, 2.24) is 14.7 Å². The SMILES string of the molecule is COCC(=O)O[C@]1(C(=O)SC)CCC2[C@@H]3CCC4=Cc5c(cnn5-c5cccc(C(=O)N6CCC[C@@H]6C(N)=O)c5)C[C@]4(C)C3[C@@H](O)C[C@@]21C. The van der Waals surface area contributed by atoms with Gasteiger partial charge in [0.1, 0.15) is 12.6 Å². The Labute approximate surface area is 290 Å². The number of aromatic nitrogens is 2. The molecule has 7 rings (SSSR count). The van der Waals surface area contributed by atoms with Crippen LogP contribution in [0.2, 0.25) is 0 Å². The van der Waals surface area contributed by atoms with Gasteiger partial charge in [0.15, 0.2) is 5.60 Å². The van der Waals surface area contributed by atoms with Crippen molar-refractivity contribution in [1.29, 1.82) is 0 Å². The van der Waals surface area contributed by atoms with Gasteiger partial charge in [-0.1, -0.05) is 37.2 Å². The van der Waals surface area contributed by atoms with Gasteiger partial charge in [0, 0.05) is 24.6 Å². The number of hydrogen-bond donors (Lipinski definition) is 2. The third kappa shape index (κ3) is 5.11. The highest BCUT2D eigenvalue weighted by Crippen LogP contribution is 2.68. The van der Waals surface area contributed by atoms with Gasteiger partial charge in [-0.2, -0.15) is 5.10 Å². The molecule has 0 radical (unpaired) electrons. The van der Waals surface area contributed by atoms with Crippen molar-refractivity contribution in [2.75, 3.05) is 26.5 Å². The number of ether oxygens (including phenoxy) is 2. The van der Waals surface area contributed by atoms with E-state index in [1.807, 2.05) is 36.0 Å². The summed E-state index contributed by atoms with van der Waals surface area (Å²) in [6.07, 6.45) is 10.5. The second-order valence-electron chi connectivity index (χ2n) is 15.1. The molecule has 8 atom stereocenters. The van der Waals surface area contributed by atoms with Crippen LogP contribution in [0.5, 0.6) is 0 Å². The molecule has 1 saturated heterocycles. The number of aliphatic hydroxyl groups is 1. The van der Waals surface area contributed by atoms with Gasteiger partial charge in [0.2, 0.25) is 11.0 Å². The van der Waals surface area contributed by atoms with E-state index in [1.165, 1.54) is 12.7 Å². The molecule has 1 aromatic carbocycles. The number of likely N-dealkylation sites (tertiary alicyclic amines) is 1. The van der Waals surface area contributed by atoms with Crippen LogP contribution in [0.3, 0.4) is 0 Å². The predicted molar refractivity (Wildman–Crippen MR) is 183 cm³/mol. The highest BCUT2D eigenvalue weighted by Gasteiger charge is 2.70. The summed E-state index contributed by atoms with van der Waals surface area (Å²) < 4.78 is 13.0. The number of carbonyl (C=O) groups is 4. The van der Waals surface area contributed by atoms with Crippen molar-refractivity contribution in [3.63, 3.8) is 0 Å². The Morgan fingerprint density at radius 2 is 1.96 bits per heavy atom. The zero-order chi connectivity index (χ0) is 34.9. The molecule has 4 fully saturated rings. The minimum absolute atomic E-state index is 0.0310. The number of aliphatic hydroxyl groups excluding tert-OH is 1. The van der Waals surface area contributed by atoms with Gasteiger partial charge in [-0.05, 0) is 111 Å². The molecular weight excluding hydrogens is 644 g/mol. The van der Waals surface area contributed by atoms with Gasteiger partial charge >= 0.3 is 5.97 Å². The Morgan fingerprint density at radius 3 is 2.69 bits per heavy atom. The Morgan fingerprint density at radius 1 is 1.16 bits per heavy atom. The summed E-state index contributed by atoms with van der Waals surface area (Å²) in [4.78, 5) is 53.4. The lowest BCUT2D eigenvalue weighted by molar-refractivity contribution is -0.198. The molecule has 0 spiro atoms. The van der Waals surface area contributed by atoms with Gasteiger partial charge in [-0.3, -0.25) is 14.4 Å². The Hall–Kier alpha value is -3.48. The van der Waals surface area contributed by atoms with E-state index in [0.29, 0.717) is 37.8 Å². The normalized spacial score (nSPS) is 34.7. The zero-order valence-corrected chi connectivity index (χ0v) is 29.5. The summed E-state index contributed by atoms with van der Waals surface area (Å²) in [7, 11) is 1.43. The van der Waals surface area contributed by atoms with E-state index in [2.05, 4.69) is 13.0 Å². The molecule has 1 aromatic heterocycles. The molecule has 3 saturated carbocycles. The second kappa shape index (κ2) is 12.4. The first-order valence-corrected chi connectivity index (χ1v) is 18.6. The fourth-order valence-corrected chi connectivity index (χ4v) is 11.4. The molecule has 0 bridgehead atoms. The Bertz CT molecular complexity index is 1740. The van der Waals surface area contributed by atoms with E-state index in [1.54, 1.807) is 17.2 Å². The lowest BCUT2D eigenvalue weighted by Gasteiger charge is -2.60. The van der Waals surface area contributed by atoms with Crippen LogP contribution in [0, 0.1) is 28.6 Å². The second-order valence-corrected chi connectivity index (χ2v) is 15.9. The average molecular weight is 691 g/mol. The van der Waals surface area contributed by atoms with Crippen molar-refractivity contribution in [2.24, 2.45) is 34.3 Å². The van der Waals surface area contributed by atoms with Crippen LogP contribution in [0.25, 0.3) is 11.8 Å². The first-order valence-electron chi connectivity index (χ1n) is 17.3. The van der Waals surface area contributed by atoms with Crippen molar-refractivity contribution in [3.8, 4) is 5.69 Å². The molecule has 5 aliphatic rings. The number of rotatable bonds is 7. The summed E-state index contributed by atoms with van der Waals surface area (Å²) in [5.74, 6) is -1.01. The van der Waals surface area contributed by atoms with Gasteiger partial charge < -0.3 is 25.2 Å². The van der Waals surface area contributed by atoms with Crippen LogP contribution in [0.1, 0.15) is 80.4 Å². The minimum Gasteiger partial charge on any atom is -0.448 e. The average Bonchev–Trinajstić information content (AvgIpc) is 3.79. The molecule has 1 aliphatic heterocycles. The molecule has 11 nitrogen and oxygen atoms in total. The molecule has 12 heteroatoms. The number of nitrogens with zero attached hydrogens (tertiary/aromatic N) is 3. The van der Waals surface area contributed by atoms with E-state index in [0.717, 1.165) is 54.4 Å². The molecule has 2 unspecified atom stereocenters. The first-order chi connectivity index (χ1) is 23.4. The maximum Gasteiger partial charge on any atom is 0.333 e. The summed E-state index contributed by atoms with van der Waals surface area (Å²) >= 11 is 1.09. The van der Waals surface area contributed by atoms with Gasteiger partial charge in [0.05, 0.1) is 23.7 Å². The lowest BCUT2D eigenvalue weighted by Crippen LogP contribution is -2.62. The van der Waals surface area contributed by atoms with E-state index in [9.17, 15) is 24.3 Å². The molecule has 2 amide bonds. The zero-order valence-electron chi connectivity index (χ0n) is 28.6. The van der Waals surface area contributed by atoms with E-state index < -0.39 is 35.0 Å². The number of hydrogen-bond acceptors (Lipinski definition) is 9. The molecular formula is C37H46N4O7S. The molecule has 4 aliphatic carbocycles. The van der Waals surface area contributed by atoms with Gasteiger partial charge in [0.25, 0.3) is 5.91 Å². The molecule has 49 heavy (non-hydrogen) atoms. The van der Waals surface area contributed by atoms with Gasteiger partial charge in [-0.25, -0.2) is 9.48 Å². The van der Waals surface area contributed by atoms with E-state index in [-0.39, 0.29) is 40.8 Å². The maximum atomic E-state index is 13.6. The summed E-state index contributed by atoms with van der Waals surface area (Å²) in [6.45, 7) is 4.59. The van der Waals surface area contributed by atoms with Gasteiger partial charge in [-0.15, -0.1) is 0 Å². The smallest absolute Gasteiger partial charge is 0.333 e. The van der Waals surface area contributed by atoms with Crippen LogP contribution in [0.15, 0.2) is 36.0 Å². The first kappa shape index (κ1) is 34.0. The maximum absolute atomic E-state index is 13.6. The highest BCUT2D eigenvalue weighted by molar-refractivity contribution is 8.13. The number of carbonyl (C=O) groups excluding carboxylic acids is 4. The van der Waals surface area contributed by atoms with Crippen molar-refractivity contribution in [3.05, 3.63) is 52.9 Å². The quantitative estimate of drug-likeness (QED) is 0.412. The fourth-order valence-electron chi connectivity index (χ4n) is 10.7. The molecule has 2 aromatic rings. The van der Waals surface area contributed by atoms with Crippen molar-refractivity contribution >= 4 is 40.7 Å². The number of esters is 1. The number of primary amides is 1. The number of fused-ring (bicyclic) bond motifs is 6. The summed E-state index contributed by atoms with van der Waals surface area (Å²) in [6, 6.07) is 6.76. The Kier molecular flexibility index (Phi) is 8.59. The fraction of sp³-hybridized carbons (Fsp3) is 0.595. The Balaban J connectivity index is 1.18. The minimum atomic E-state index is -1.30. The third-order valence-electron chi connectivity index (χ3n) is 12.8. The van der Waals surface area contributed by atoms with Crippen molar-refractivity contribution < 1.29 is 33.8 Å². The van der Waals surface area contributed by atoms with Crippen LogP contribution in [0.4, 0.5) is 0 Å². The lowest BCUT2D eigenvalue weighted by atomic mass is 9.45. The predicted octanol–water partition coefficient (Wildman–Crippen LogP) is 3.93. The monoisotopic (exact) mass is 690 g/mol. The molecule has 262 valence electrons. The third-order valence-corrected chi connectivity index (χ3v) is 13.5. The summed E-state index contributed by atoms with van der Waals surface area (Å²) in [5, 5.41) is 16.7. The number of allylic oxidation sites excluding steroid dienone is 1. The highest BCUT2D eigenvalue weighted by atomic mass is 32.2. The number of amides is 2. The number of methoxy groups -OCH3 is 1. The number of benzene rings is 1. The van der Waals surface area contributed by atoms with Crippen molar-refractivity contribution in [2.45, 2.75) is 83.0 Å². The van der Waals surface area contributed by atoms with Crippen LogP contribution < -0.4 is 5.73 Å². The molecule has 3 N–H and O–H groups in total. The molecule has 2 heterocycles. The number of thioether (sulfide) groups is 1. The van der Waals surface area contributed by atoms with E-state index in [4.69, 9.17) is 20.3 Å².